The summed E-state index contributed by atoms with van der Waals surface area (Å²) in [4.78, 5) is 4.26. The molecule has 18 heavy (non-hydrogen) atoms. The first-order chi connectivity index (χ1) is 8.19. The van der Waals surface area contributed by atoms with Crippen molar-refractivity contribution in [1.29, 1.82) is 0 Å². The second kappa shape index (κ2) is 7.04. The topological polar surface area (TPSA) is 59.6 Å². The molecular formula is C12H17ClIN3O. The van der Waals surface area contributed by atoms with E-state index in [9.17, 15) is 0 Å². The molecule has 0 spiro atoms. The Kier molecular flexibility index (Phi) is 6.01. The number of nitrogens with one attached hydrogen (secondary N) is 1. The molecule has 4 nitrogen and oxygen atoms in total. The predicted octanol–water partition coefficient (Wildman–Crippen LogP) is 2.53. The van der Waals surface area contributed by atoms with Crippen LogP contribution in [0.25, 0.3) is 0 Å². The summed E-state index contributed by atoms with van der Waals surface area (Å²) in [5, 5.41) is 3.72. The maximum atomic E-state index is 6.02. The van der Waals surface area contributed by atoms with Gasteiger partial charge in [-0.3, -0.25) is 0 Å². The number of halogens is 2. The molecule has 1 aromatic rings. The van der Waals surface area contributed by atoms with E-state index in [2.05, 4.69) is 10.3 Å². The molecule has 2 rings (SSSR count). The minimum Gasteiger partial charge on any atom is -0.495 e. The Balaban J connectivity index is 0.00000162. The van der Waals surface area contributed by atoms with Gasteiger partial charge in [0, 0.05) is 6.04 Å². The third-order valence-corrected chi connectivity index (χ3v) is 2.87. The summed E-state index contributed by atoms with van der Waals surface area (Å²) in [6.45, 7) is 0.523. The quantitative estimate of drug-likeness (QED) is 0.479. The van der Waals surface area contributed by atoms with E-state index in [-0.39, 0.29) is 24.0 Å². The van der Waals surface area contributed by atoms with Gasteiger partial charge in [-0.05, 0) is 30.5 Å². The van der Waals surface area contributed by atoms with E-state index in [1.807, 2.05) is 18.2 Å². The number of ether oxygens (including phenoxy) is 1. The molecule has 0 saturated heterocycles. The Hall–Kier alpha value is -0.690. The number of aliphatic imine (C=N–C) groups is 1. The van der Waals surface area contributed by atoms with E-state index < -0.39 is 0 Å². The minimum absolute atomic E-state index is 0. The second-order valence-corrected chi connectivity index (χ2v) is 4.50. The predicted molar refractivity (Wildman–Crippen MR) is 84.9 cm³/mol. The van der Waals surface area contributed by atoms with Crippen molar-refractivity contribution in [1.82, 2.24) is 5.32 Å². The summed E-state index contributed by atoms with van der Waals surface area (Å²) >= 11 is 6.02. The van der Waals surface area contributed by atoms with Gasteiger partial charge in [0.05, 0.1) is 18.7 Å². The molecular weight excluding hydrogens is 365 g/mol. The normalized spacial score (nSPS) is 14.9. The third-order valence-electron chi connectivity index (χ3n) is 2.58. The Labute approximate surface area is 129 Å². The van der Waals surface area contributed by atoms with Crippen LogP contribution in [0.3, 0.4) is 0 Å². The Morgan fingerprint density at radius 1 is 1.56 bits per heavy atom. The van der Waals surface area contributed by atoms with Gasteiger partial charge in [0.15, 0.2) is 5.96 Å². The van der Waals surface area contributed by atoms with Crippen molar-refractivity contribution in [3.63, 3.8) is 0 Å². The molecule has 1 aliphatic carbocycles. The molecule has 6 heteroatoms. The lowest BCUT2D eigenvalue weighted by Crippen LogP contribution is -2.33. The number of rotatable bonds is 4. The summed E-state index contributed by atoms with van der Waals surface area (Å²) in [5.41, 5.74) is 6.75. The Morgan fingerprint density at radius 2 is 2.28 bits per heavy atom. The molecule has 0 bridgehead atoms. The van der Waals surface area contributed by atoms with E-state index in [1.54, 1.807) is 7.11 Å². The average molecular weight is 382 g/mol. The Morgan fingerprint density at radius 3 is 2.83 bits per heavy atom. The van der Waals surface area contributed by atoms with E-state index in [4.69, 9.17) is 22.1 Å². The van der Waals surface area contributed by atoms with Gasteiger partial charge in [-0.15, -0.1) is 24.0 Å². The van der Waals surface area contributed by atoms with Crippen LogP contribution in [-0.2, 0) is 6.54 Å². The van der Waals surface area contributed by atoms with Crippen LogP contribution in [0.5, 0.6) is 5.75 Å². The minimum atomic E-state index is 0. The van der Waals surface area contributed by atoms with Gasteiger partial charge in [0.1, 0.15) is 5.75 Å². The fourth-order valence-corrected chi connectivity index (χ4v) is 1.75. The van der Waals surface area contributed by atoms with Crippen molar-refractivity contribution in [3.05, 3.63) is 28.8 Å². The van der Waals surface area contributed by atoms with E-state index in [0.717, 1.165) is 5.56 Å². The highest BCUT2D eigenvalue weighted by molar-refractivity contribution is 14.0. The SMILES string of the molecule is COc1ccc(CN=C(N)NC2CC2)cc1Cl.I. The maximum Gasteiger partial charge on any atom is 0.189 e. The lowest BCUT2D eigenvalue weighted by atomic mass is 10.2. The lowest BCUT2D eigenvalue weighted by Gasteiger charge is -2.05. The van der Waals surface area contributed by atoms with Gasteiger partial charge in [-0.2, -0.15) is 0 Å². The number of guanidine groups is 1. The molecule has 0 aliphatic heterocycles. The first-order valence-electron chi connectivity index (χ1n) is 5.58. The van der Waals surface area contributed by atoms with Crippen LogP contribution >= 0.6 is 35.6 Å². The standard InChI is InChI=1S/C12H16ClN3O.HI/c1-17-11-5-2-8(6-10(11)13)7-15-12(14)16-9-3-4-9;/h2,5-6,9H,3-4,7H2,1H3,(H3,14,15,16);1H. The summed E-state index contributed by atoms with van der Waals surface area (Å²) in [5.74, 6) is 1.17. The number of hydrogen-bond acceptors (Lipinski definition) is 2. The van der Waals surface area contributed by atoms with E-state index in [0.29, 0.717) is 29.3 Å². The van der Waals surface area contributed by atoms with Crippen LogP contribution in [0.4, 0.5) is 0 Å². The summed E-state index contributed by atoms with van der Waals surface area (Å²) in [6.07, 6.45) is 2.37. The van der Waals surface area contributed by atoms with Gasteiger partial charge < -0.3 is 15.8 Å². The average Bonchev–Trinajstić information content (AvgIpc) is 3.10. The van der Waals surface area contributed by atoms with Crippen LogP contribution in [0.15, 0.2) is 23.2 Å². The van der Waals surface area contributed by atoms with Crippen molar-refractivity contribution >= 4 is 41.5 Å². The van der Waals surface area contributed by atoms with Crippen molar-refractivity contribution < 1.29 is 4.74 Å². The first-order valence-corrected chi connectivity index (χ1v) is 5.95. The zero-order valence-corrected chi connectivity index (χ0v) is 13.2. The second-order valence-electron chi connectivity index (χ2n) is 4.09. The summed E-state index contributed by atoms with van der Waals surface area (Å²) in [7, 11) is 1.59. The van der Waals surface area contributed by atoms with Crippen molar-refractivity contribution in [2.75, 3.05) is 7.11 Å². The molecule has 100 valence electrons. The molecule has 1 aromatic carbocycles. The highest BCUT2D eigenvalue weighted by Crippen LogP contribution is 2.25. The Bertz CT molecular complexity index is 435. The summed E-state index contributed by atoms with van der Waals surface area (Å²) < 4.78 is 5.08. The van der Waals surface area contributed by atoms with Gasteiger partial charge in [-0.1, -0.05) is 17.7 Å². The zero-order chi connectivity index (χ0) is 12.3. The third kappa shape index (κ3) is 4.53. The van der Waals surface area contributed by atoms with E-state index >= 15 is 0 Å². The van der Waals surface area contributed by atoms with Crippen molar-refractivity contribution in [3.8, 4) is 5.75 Å². The largest absolute Gasteiger partial charge is 0.495 e. The van der Waals surface area contributed by atoms with Gasteiger partial charge in [0.2, 0.25) is 0 Å². The van der Waals surface area contributed by atoms with Crippen LogP contribution < -0.4 is 15.8 Å². The number of nitrogens with two attached hydrogens (primary N) is 1. The van der Waals surface area contributed by atoms with Crippen molar-refractivity contribution in [2.45, 2.75) is 25.4 Å². The molecule has 0 unspecified atom stereocenters. The smallest absolute Gasteiger partial charge is 0.189 e. The van der Waals surface area contributed by atoms with Gasteiger partial charge in [-0.25, -0.2) is 4.99 Å². The maximum absolute atomic E-state index is 6.02. The molecule has 1 aliphatic rings. The molecule has 0 heterocycles. The number of hydrogen-bond donors (Lipinski definition) is 2. The zero-order valence-electron chi connectivity index (χ0n) is 10.1. The monoisotopic (exact) mass is 381 g/mol. The molecule has 0 radical (unpaired) electrons. The van der Waals surface area contributed by atoms with E-state index in [1.165, 1.54) is 12.8 Å². The van der Waals surface area contributed by atoms with Crippen LogP contribution in [0.1, 0.15) is 18.4 Å². The fraction of sp³-hybridized carbons (Fsp3) is 0.417. The highest BCUT2D eigenvalue weighted by Gasteiger charge is 2.21. The number of methoxy groups -OCH3 is 1. The molecule has 1 saturated carbocycles. The molecule has 0 aromatic heterocycles. The van der Waals surface area contributed by atoms with Gasteiger partial charge in [0.25, 0.3) is 0 Å². The number of benzene rings is 1. The van der Waals surface area contributed by atoms with Crippen LogP contribution in [0.2, 0.25) is 5.02 Å². The van der Waals surface area contributed by atoms with Crippen LogP contribution in [0, 0.1) is 0 Å². The molecule has 1 fully saturated rings. The highest BCUT2D eigenvalue weighted by atomic mass is 127. The van der Waals surface area contributed by atoms with Crippen LogP contribution in [-0.4, -0.2) is 19.1 Å². The van der Waals surface area contributed by atoms with Crippen molar-refractivity contribution in [2.24, 2.45) is 10.7 Å². The molecule has 0 amide bonds. The number of nitrogens with zero attached hydrogens (tertiary/aromatic N) is 1. The summed E-state index contributed by atoms with van der Waals surface area (Å²) in [6, 6.07) is 6.13. The molecule has 0 atom stereocenters. The fourth-order valence-electron chi connectivity index (χ4n) is 1.47. The molecule has 3 N–H and O–H groups in total. The van der Waals surface area contributed by atoms with Gasteiger partial charge >= 0.3 is 0 Å². The lowest BCUT2D eigenvalue weighted by molar-refractivity contribution is 0.415. The first kappa shape index (κ1) is 15.4.